The van der Waals surface area contributed by atoms with Gasteiger partial charge >= 0.3 is 0 Å². The molecule has 2 rings (SSSR count). The smallest absolute Gasteiger partial charge is 0.246 e. The zero-order valence-electron chi connectivity index (χ0n) is 13.6. The summed E-state index contributed by atoms with van der Waals surface area (Å²) < 4.78 is 38.8. The molecule has 0 bridgehead atoms. The molecule has 0 spiro atoms. The van der Waals surface area contributed by atoms with Crippen molar-refractivity contribution in [3.05, 3.63) is 47.0 Å². The molecule has 130 valence electrons. The van der Waals surface area contributed by atoms with E-state index in [1.165, 1.54) is 19.2 Å². The molecule has 0 unspecified atom stereocenters. The number of sulfonamides is 1. The number of aromatic nitrogens is 2. The molecule has 1 aromatic heterocycles. The number of carbonyl (C=O) groups excluding carboxylic acids is 1. The summed E-state index contributed by atoms with van der Waals surface area (Å²) in [6.45, 7) is 3.05. The van der Waals surface area contributed by atoms with Gasteiger partial charge in [0.25, 0.3) is 0 Å². The van der Waals surface area contributed by atoms with Crippen LogP contribution in [0.3, 0.4) is 0 Å². The van der Waals surface area contributed by atoms with Gasteiger partial charge in [0, 0.05) is 13.6 Å². The molecular formula is C15H19FN4O3S. The Hall–Kier alpha value is -2.26. The second-order valence-corrected chi connectivity index (χ2v) is 7.41. The van der Waals surface area contributed by atoms with E-state index >= 15 is 0 Å². The molecule has 0 radical (unpaired) electrons. The first-order chi connectivity index (χ1) is 11.2. The van der Waals surface area contributed by atoms with Gasteiger partial charge in [-0.3, -0.25) is 9.89 Å². The van der Waals surface area contributed by atoms with Crippen molar-refractivity contribution in [1.82, 2.24) is 19.8 Å². The van der Waals surface area contributed by atoms with Gasteiger partial charge in [-0.15, -0.1) is 0 Å². The molecule has 7 nitrogen and oxygen atoms in total. The van der Waals surface area contributed by atoms with Gasteiger partial charge in [0.2, 0.25) is 15.9 Å². The fourth-order valence-electron chi connectivity index (χ4n) is 2.22. The molecule has 2 aromatic rings. The minimum atomic E-state index is -3.81. The third-order valence-electron chi connectivity index (χ3n) is 3.50. The summed E-state index contributed by atoms with van der Waals surface area (Å²) in [6.07, 6.45) is 0. The average Bonchev–Trinajstić information content (AvgIpc) is 2.86. The molecule has 2 N–H and O–H groups in total. The molecule has 0 saturated carbocycles. The predicted octanol–water partition coefficient (Wildman–Crippen LogP) is 1.10. The number of likely N-dealkylation sites (N-methyl/N-ethyl adjacent to an activating group) is 1. The summed E-state index contributed by atoms with van der Waals surface area (Å²) >= 11 is 0. The number of benzene rings is 1. The van der Waals surface area contributed by atoms with Gasteiger partial charge in [-0.25, -0.2) is 12.8 Å². The van der Waals surface area contributed by atoms with E-state index in [9.17, 15) is 17.6 Å². The Morgan fingerprint density at radius 1 is 1.29 bits per heavy atom. The van der Waals surface area contributed by atoms with Crippen LogP contribution in [0.15, 0.2) is 29.2 Å². The van der Waals surface area contributed by atoms with Gasteiger partial charge in [-0.2, -0.15) is 9.40 Å². The van der Waals surface area contributed by atoms with Gasteiger partial charge in [-0.1, -0.05) is 12.1 Å². The maximum absolute atomic E-state index is 12.8. The Bertz CT molecular complexity index is 811. The molecule has 0 saturated heterocycles. The van der Waals surface area contributed by atoms with Crippen LogP contribution in [0.25, 0.3) is 0 Å². The lowest BCUT2D eigenvalue weighted by Gasteiger charge is -2.17. The van der Waals surface area contributed by atoms with Gasteiger partial charge in [0.1, 0.15) is 10.7 Å². The maximum Gasteiger partial charge on any atom is 0.246 e. The molecule has 0 aliphatic carbocycles. The predicted molar refractivity (Wildman–Crippen MR) is 86.1 cm³/mol. The number of nitrogens with zero attached hydrogens (tertiary/aromatic N) is 2. The van der Waals surface area contributed by atoms with E-state index in [0.29, 0.717) is 11.4 Å². The van der Waals surface area contributed by atoms with Crippen molar-refractivity contribution in [1.29, 1.82) is 0 Å². The molecule has 1 aromatic carbocycles. The zero-order valence-corrected chi connectivity index (χ0v) is 14.4. The summed E-state index contributed by atoms with van der Waals surface area (Å²) in [5.41, 5.74) is 1.49. The summed E-state index contributed by atoms with van der Waals surface area (Å²) in [5.74, 6) is -0.814. The topological polar surface area (TPSA) is 95.2 Å². The highest BCUT2D eigenvalue weighted by molar-refractivity contribution is 7.89. The van der Waals surface area contributed by atoms with Crippen LogP contribution in [0.4, 0.5) is 4.39 Å². The van der Waals surface area contributed by atoms with E-state index in [4.69, 9.17) is 0 Å². The van der Waals surface area contributed by atoms with E-state index in [2.05, 4.69) is 15.5 Å². The Kier molecular flexibility index (Phi) is 5.35. The van der Waals surface area contributed by atoms with Crippen molar-refractivity contribution >= 4 is 15.9 Å². The number of H-pyrrole nitrogens is 1. The van der Waals surface area contributed by atoms with Crippen molar-refractivity contribution in [3.8, 4) is 0 Å². The highest BCUT2D eigenvalue weighted by Gasteiger charge is 2.28. The molecule has 9 heteroatoms. The molecule has 0 aliphatic heterocycles. The number of aromatic amines is 1. The van der Waals surface area contributed by atoms with Gasteiger partial charge < -0.3 is 5.32 Å². The number of amides is 1. The highest BCUT2D eigenvalue weighted by Crippen LogP contribution is 2.20. The summed E-state index contributed by atoms with van der Waals surface area (Å²) in [5, 5.41) is 9.09. The molecule has 0 fully saturated rings. The van der Waals surface area contributed by atoms with Crippen LogP contribution >= 0.6 is 0 Å². The summed E-state index contributed by atoms with van der Waals surface area (Å²) in [7, 11) is -2.48. The average molecular weight is 354 g/mol. The minimum absolute atomic E-state index is 0.0799. The number of aryl methyl sites for hydroxylation is 2. The Balaban J connectivity index is 1.99. The molecule has 0 atom stereocenters. The van der Waals surface area contributed by atoms with Crippen molar-refractivity contribution < 1.29 is 17.6 Å². The van der Waals surface area contributed by atoms with E-state index in [0.717, 1.165) is 9.87 Å². The molecule has 1 heterocycles. The molecule has 1 amide bonds. The quantitative estimate of drug-likeness (QED) is 0.812. The maximum atomic E-state index is 12.8. The third kappa shape index (κ3) is 3.98. The van der Waals surface area contributed by atoms with Crippen LogP contribution in [0.5, 0.6) is 0 Å². The summed E-state index contributed by atoms with van der Waals surface area (Å²) in [4.78, 5) is 12.0. The molecule has 0 aliphatic rings. The molecular weight excluding hydrogens is 335 g/mol. The number of carbonyl (C=O) groups is 1. The largest absolute Gasteiger partial charge is 0.351 e. The minimum Gasteiger partial charge on any atom is -0.351 e. The van der Waals surface area contributed by atoms with Gasteiger partial charge in [0.15, 0.2) is 0 Å². The first-order valence-corrected chi connectivity index (χ1v) is 8.65. The van der Waals surface area contributed by atoms with Crippen LogP contribution in [0, 0.1) is 19.7 Å². The number of rotatable bonds is 6. The first kappa shape index (κ1) is 18.1. The lowest BCUT2D eigenvalue weighted by atomic mass is 10.2. The van der Waals surface area contributed by atoms with Crippen molar-refractivity contribution in [2.24, 2.45) is 0 Å². The van der Waals surface area contributed by atoms with Crippen molar-refractivity contribution in [3.63, 3.8) is 0 Å². The van der Waals surface area contributed by atoms with Gasteiger partial charge in [-0.05, 0) is 31.5 Å². The molecule has 24 heavy (non-hydrogen) atoms. The van der Waals surface area contributed by atoms with E-state index in [-0.39, 0.29) is 23.8 Å². The third-order valence-corrected chi connectivity index (χ3v) is 5.57. The normalized spacial score (nSPS) is 11.7. The zero-order chi connectivity index (χ0) is 17.9. The Morgan fingerprint density at radius 3 is 2.46 bits per heavy atom. The van der Waals surface area contributed by atoms with E-state index in [1.807, 2.05) is 0 Å². The van der Waals surface area contributed by atoms with Crippen molar-refractivity contribution in [2.75, 3.05) is 13.6 Å². The van der Waals surface area contributed by atoms with Crippen LogP contribution in [-0.4, -0.2) is 42.4 Å². The SMILES string of the molecule is Cc1n[nH]c(C)c1S(=O)(=O)N(C)CC(=O)NCc1ccc(F)cc1. The first-order valence-electron chi connectivity index (χ1n) is 7.21. The Morgan fingerprint density at radius 2 is 1.92 bits per heavy atom. The summed E-state index contributed by atoms with van der Waals surface area (Å²) in [6, 6.07) is 5.69. The second-order valence-electron chi connectivity index (χ2n) is 5.43. The van der Waals surface area contributed by atoms with Crippen LogP contribution < -0.4 is 5.32 Å². The van der Waals surface area contributed by atoms with Crippen LogP contribution in [-0.2, 0) is 21.4 Å². The standard InChI is InChI=1S/C15H19FN4O3S/c1-10-15(11(2)19-18-10)24(22,23)20(3)9-14(21)17-8-12-4-6-13(16)7-5-12/h4-7H,8-9H2,1-3H3,(H,17,21)(H,18,19). The van der Waals surface area contributed by atoms with Gasteiger partial charge in [0.05, 0.1) is 17.9 Å². The fraction of sp³-hybridized carbons (Fsp3) is 0.333. The number of hydrogen-bond donors (Lipinski definition) is 2. The fourth-order valence-corrected chi connectivity index (χ4v) is 3.67. The second kappa shape index (κ2) is 7.10. The van der Waals surface area contributed by atoms with E-state index < -0.39 is 15.9 Å². The highest BCUT2D eigenvalue weighted by atomic mass is 32.2. The number of halogens is 1. The van der Waals surface area contributed by atoms with Crippen LogP contribution in [0.2, 0.25) is 0 Å². The van der Waals surface area contributed by atoms with E-state index in [1.54, 1.807) is 26.0 Å². The monoisotopic (exact) mass is 354 g/mol. The lowest BCUT2D eigenvalue weighted by Crippen LogP contribution is -2.38. The van der Waals surface area contributed by atoms with Crippen molar-refractivity contribution in [2.45, 2.75) is 25.3 Å². The lowest BCUT2D eigenvalue weighted by molar-refractivity contribution is -0.121. The Labute approximate surface area is 139 Å². The number of hydrogen-bond acceptors (Lipinski definition) is 4. The van der Waals surface area contributed by atoms with Crippen LogP contribution in [0.1, 0.15) is 17.0 Å². The number of nitrogens with one attached hydrogen (secondary N) is 2.